The van der Waals surface area contributed by atoms with Crippen LogP contribution < -0.4 is 10.6 Å². The molecule has 0 saturated heterocycles. The van der Waals surface area contributed by atoms with Gasteiger partial charge in [0.25, 0.3) is 0 Å². The van der Waals surface area contributed by atoms with Crippen molar-refractivity contribution in [1.82, 2.24) is 20.2 Å². The monoisotopic (exact) mass is 322 g/mol. The number of ether oxygens (including phenoxy) is 1. The minimum Gasteiger partial charge on any atom is -0.444 e. The van der Waals surface area contributed by atoms with Gasteiger partial charge in [0.15, 0.2) is 0 Å². The summed E-state index contributed by atoms with van der Waals surface area (Å²) in [6, 6.07) is 0.460. The van der Waals surface area contributed by atoms with Gasteiger partial charge in [-0.25, -0.2) is 9.78 Å². The SMILES string of the molecule is CC(C)(C)OC(=O)NCC1CCCCC1NCCn1ccnc1. The van der Waals surface area contributed by atoms with E-state index in [2.05, 4.69) is 20.2 Å². The summed E-state index contributed by atoms with van der Waals surface area (Å²) in [5.74, 6) is 0.471. The van der Waals surface area contributed by atoms with Crippen LogP contribution in [-0.2, 0) is 11.3 Å². The third kappa shape index (κ3) is 6.60. The number of hydrogen-bond acceptors (Lipinski definition) is 4. The first-order valence-corrected chi connectivity index (χ1v) is 8.60. The van der Waals surface area contributed by atoms with Crippen molar-refractivity contribution in [2.24, 2.45) is 5.92 Å². The van der Waals surface area contributed by atoms with E-state index in [0.29, 0.717) is 18.5 Å². The van der Waals surface area contributed by atoms with Gasteiger partial charge in [0.1, 0.15) is 5.60 Å². The summed E-state index contributed by atoms with van der Waals surface area (Å²) in [5, 5.41) is 6.57. The molecule has 0 spiro atoms. The summed E-state index contributed by atoms with van der Waals surface area (Å²) in [7, 11) is 0. The average Bonchev–Trinajstić information content (AvgIpc) is 2.98. The van der Waals surface area contributed by atoms with E-state index in [1.807, 2.05) is 33.3 Å². The molecule has 1 saturated carbocycles. The molecule has 1 aliphatic carbocycles. The number of nitrogens with zero attached hydrogens (tertiary/aromatic N) is 2. The lowest BCUT2D eigenvalue weighted by molar-refractivity contribution is 0.0510. The van der Waals surface area contributed by atoms with Crippen molar-refractivity contribution < 1.29 is 9.53 Å². The van der Waals surface area contributed by atoms with Crippen LogP contribution in [-0.4, -0.2) is 40.4 Å². The quantitative estimate of drug-likeness (QED) is 0.844. The highest BCUT2D eigenvalue weighted by atomic mass is 16.6. The van der Waals surface area contributed by atoms with Gasteiger partial charge in [0, 0.05) is 38.1 Å². The molecule has 1 aromatic heterocycles. The number of imidazole rings is 1. The van der Waals surface area contributed by atoms with Crippen LogP contribution in [0.1, 0.15) is 46.5 Å². The fourth-order valence-electron chi connectivity index (χ4n) is 3.05. The summed E-state index contributed by atoms with van der Waals surface area (Å²) >= 11 is 0. The molecule has 1 aliphatic rings. The van der Waals surface area contributed by atoms with E-state index < -0.39 is 5.60 Å². The molecule has 2 unspecified atom stereocenters. The average molecular weight is 322 g/mol. The van der Waals surface area contributed by atoms with Crippen molar-refractivity contribution >= 4 is 6.09 Å². The number of carbonyl (C=O) groups is 1. The van der Waals surface area contributed by atoms with Gasteiger partial charge in [-0.3, -0.25) is 0 Å². The Morgan fingerprint density at radius 1 is 1.35 bits per heavy atom. The number of rotatable bonds is 6. The molecule has 0 radical (unpaired) electrons. The first kappa shape index (κ1) is 17.8. The maximum atomic E-state index is 11.8. The highest BCUT2D eigenvalue weighted by Crippen LogP contribution is 2.24. The summed E-state index contributed by atoms with van der Waals surface area (Å²) in [4.78, 5) is 15.9. The Kier molecular flexibility index (Phi) is 6.45. The van der Waals surface area contributed by atoms with E-state index in [4.69, 9.17) is 4.74 Å². The van der Waals surface area contributed by atoms with E-state index in [1.54, 1.807) is 6.20 Å². The molecule has 23 heavy (non-hydrogen) atoms. The maximum Gasteiger partial charge on any atom is 0.407 e. The molecule has 1 heterocycles. The lowest BCUT2D eigenvalue weighted by Gasteiger charge is -2.32. The minimum atomic E-state index is -0.445. The Bertz CT molecular complexity index is 467. The Hall–Kier alpha value is -1.56. The largest absolute Gasteiger partial charge is 0.444 e. The molecule has 1 fully saturated rings. The van der Waals surface area contributed by atoms with Crippen LogP contribution in [0.15, 0.2) is 18.7 Å². The second-order valence-electron chi connectivity index (χ2n) is 7.29. The topological polar surface area (TPSA) is 68.2 Å². The summed E-state index contributed by atoms with van der Waals surface area (Å²) in [5.41, 5.74) is -0.445. The van der Waals surface area contributed by atoms with Gasteiger partial charge in [-0.15, -0.1) is 0 Å². The van der Waals surface area contributed by atoms with Crippen LogP contribution in [0.4, 0.5) is 4.79 Å². The molecule has 1 amide bonds. The van der Waals surface area contributed by atoms with Gasteiger partial charge in [0.05, 0.1) is 6.33 Å². The number of hydrogen-bond donors (Lipinski definition) is 2. The van der Waals surface area contributed by atoms with Crippen molar-refractivity contribution in [3.05, 3.63) is 18.7 Å². The van der Waals surface area contributed by atoms with Crippen molar-refractivity contribution in [3.8, 4) is 0 Å². The molecule has 2 rings (SSSR count). The second-order valence-corrected chi connectivity index (χ2v) is 7.29. The van der Waals surface area contributed by atoms with Gasteiger partial charge in [0.2, 0.25) is 0 Å². The minimum absolute atomic E-state index is 0.319. The molecule has 0 bridgehead atoms. The number of alkyl carbamates (subject to hydrolysis) is 1. The molecular weight excluding hydrogens is 292 g/mol. The zero-order valence-electron chi connectivity index (χ0n) is 14.5. The lowest BCUT2D eigenvalue weighted by Crippen LogP contribution is -2.45. The van der Waals surface area contributed by atoms with E-state index in [1.165, 1.54) is 19.3 Å². The summed E-state index contributed by atoms with van der Waals surface area (Å²) in [6.45, 7) is 8.17. The Morgan fingerprint density at radius 2 is 2.13 bits per heavy atom. The first-order valence-electron chi connectivity index (χ1n) is 8.60. The molecule has 1 aromatic rings. The van der Waals surface area contributed by atoms with Crippen LogP contribution in [0, 0.1) is 5.92 Å². The van der Waals surface area contributed by atoms with Crippen molar-refractivity contribution in [1.29, 1.82) is 0 Å². The van der Waals surface area contributed by atoms with E-state index >= 15 is 0 Å². The third-order valence-electron chi connectivity index (χ3n) is 4.15. The van der Waals surface area contributed by atoms with Crippen LogP contribution in [0.25, 0.3) is 0 Å². The predicted octanol–water partition coefficient (Wildman–Crippen LogP) is 2.56. The fourth-order valence-corrected chi connectivity index (χ4v) is 3.05. The lowest BCUT2D eigenvalue weighted by atomic mass is 9.84. The molecule has 6 nitrogen and oxygen atoms in total. The van der Waals surface area contributed by atoms with Crippen LogP contribution >= 0.6 is 0 Å². The third-order valence-corrected chi connectivity index (χ3v) is 4.15. The predicted molar refractivity (Wildman–Crippen MR) is 90.2 cm³/mol. The Labute approximate surface area is 139 Å². The molecule has 2 atom stereocenters. The number of amides is 1. The molecule has 6 heteroatoms. The molecular formula is C17H30N4O2. The van der Waals surface area contributed by atoms with Crippen molar-refractivity contribution in [3.63, 3.8) is 0 Å². The molecule has 2 N–H and O–H groups in total. The standard InChI is InChI=1S/C17H30N4O2/c1-17(2,3)23-16(22)20-12-14-6-4-5-7-15(14)19-9-11-21-10-8-18-13-21/h8,10,13-15,19H,4-7,9,11-12H2,1-3H3,(H,20,22). The number of carbonyl (C=O) groups excluding carboxylic acids is 1. The van der Waals surface area contributed by atoms with Gasteiger partial charge < -0.3 is 19.9 Å². The van der Waals surface area contributed by atoms with Crippen LogP contribution in [0.2, 0.25) is 0 Å². The Balaban J connectivity index is 1.73. The van der Waals surface area contributed by atoms with Crippen molar-refractivity contribution in [2.75, 3.05) is 13.1 Å². The first-order chi connectivity index (χ1) is 10.9. The summed E-state index contributed by atoms with van der Waals surface area (Å²) in [6.07, 6.45) is 10.1. The zero-order valence-corrected chi connectivity index (χ0v) is 14.5. The van der Waals surface area contributed by atoms with Gasteiger partial charge in [-0.05, 0) is 39.5 Å². The highest BCUT2D eigenvalue weighted by molar-refractivity contribution is 5.67. The summed E-state index contributed by atoms with van der Waals surface area (Å²) < 4.78 is 7.39. The number of aromatic nitrogens is 2. The molecule has 130 valence electrons. The maximum absolute atomic E-state index is 11.8. The van der Waals surface area contributed by atoms with Gasteiger partial charge in [-0.2, -0.15) is 0 Å². The number of nitrogens with one attached hydrogen (secondary N) is 2. The van der Waals surface area contributed by atoms with Crippen LogP contribution in [0.3, 0.4) is 0 Å². The normalized spacial score (nSPS) is 21.9. The molecule has 0 aromatic carbocycles. The smallest absolute Gasteiger partial charge is 0.407 e. The second kappa shape index (κ2) is 8.34. The van der Waals surface area contributed by atoms with E-state index in [0.717, 1.165) is 19.5 Å². The molecule has 0 aliphatic heterocycles. The van der Waals surface area contributed by atoms with Crippen molar-refractivity contribution in [2.45, 2.75) is 64.6 Å². The van der Waals surface area contributed by atoms with Crippen LogP contribution in [0.5, 0.6) is 0 Å². The van der Waals surface area contributed by atoms with Gasteiger partial charge >= 0.3 is 6.09 Å². The van der Waals surface area contributed by atoms with E-state index in [-0.39, 0.29) is 6.09 Å². The highest BCUT2D eigenvalue weighted by Gasteiger charge is 2.25. The zero-order chi connectivity index (χ0) is 16.7. The van der Waals surface area contributed by atoms with E-state index in [9.17, 15) is 4.79 Å². The fraction of sp³-hybridized carbons (Fsp3) is 0.765. The van der Waals surface area contributed by atoms with Gasteiger partial charge in [-0.1, -0.05) is 12.8 Å². The Morgan fingerprint density at radius 3 is 2.83 bits per heavy atom.